The number of aryl methyl sites for hydroxylation is 1. The lowest BCUT2D eigenvalue weighted by Gasteiger charge is -2.33. The minimum Gasteiger partial charge on any atom is -0.352 e. The van der Waals surface area contributed by atoms with Crippen LogP contribution in [0.1, 0.15) is 34.3 Å². The number of benzene rings is 2. The van der Waals surface area contributed by atoms with E-state index in [0.717, 1.165) is 30.5 Å². The average Bonchev–Trinajstić information content (AvgIpc) is 2.68. The molecule has 4 nitrogen and oxygen atoms in total. The molecule has 0 bridgehead atoms. The van der Waals surface area contributed by atoms with E-state index in [-0.39, 0.29) is 23.5 Å². The lowest BCUT2D eigenvalue weighted by molar-refractivity contribution is -0.132. The van der Waals surface area contributed by atoms with Gasteiger partial charge in [-0.3, -0.25) is 9.59 Å². The first-order valence-corrected chi connectivity index (χ1v) is 9.39. The third-order valence-electron chi connectivity index (χ3n) is 5.13. The van der Waals surface area contributed by atoms with Gasteiger partial charge in [-0.2, -0.15) is 0 Å². The van der Waals surface area contributed by atoms with Gasteiger partial charge in [0, 0.05) is 25.2 Å². The van der Waals surface area contributed by atoms with Crippen LogP contribution >= 0.6 is 0 Å². The second-order valence-corrected chi connectivity index (χ2v) is 7.17. The standard InChI is InChI=1S/C22H25FN2O2/c1-16-5-2-3-7-19(16)13-21(26)25-12-4-6-17(15-25)14-24-22(27)18-8-10-20(23)11-9-18/h2-3,5,7-11,17H,4,6,12-15H2,1H3,(H,24,27)/t17-/m1/s1. The maximum Gasteiger partial charge on any atom is 0.251 e. The molecule has 1 heterocycles. The predicted octanol–water partition coefficient (Wildman–Crippen LogP) is 3.35. The molecule has 1 N–H and O–H groups in total. The average molecular weight is 368 g/mol. The van der Waals surface area contributed by atoms with Gasteiger partial charge in [-0.25, -0.2) is 4.39 Å². The molecule has 2 aromatic rings. The third kappa shape index (κ3) is 5.16. The van der Waals surface area contributed by atoms with Gasteiger partial charge in [-0.15, -0.1) is 0 Å². The number of hydrogen-bond acceptors (Lipinski definition) is 2. The minimum atomic E-state index is -0.360. The number of nitrogens with one attached hydrogen (secondary N) is 1. The van der Waals surface area contributed by atoms with Crippen molar-refractivity contribution in [2.75, 3.05) is 19.6 Å². The molecule has 142 valence electrons. The van der Waals surface area contributed by atoms with E-state index in [1.54, 1.807) is 0 Å². The van der Waals surface area contributed by atoms with Crippen LogP contribution in [-0.4, -0.2) is 36.3 Å². The molecule has 1 atom stereocenters. The SMILES string of the molecule is Cc1ccccc1CC(=O)N1CCC[C@H](CNC(=O)c2ccc(F)cc2)C1. The van der Waals surface area contributed by atoms with Gasteiger partial charge in [-0.05, 0) is 61.1 Å². The molecule has 1 fully saturated rings. The van der Waals surface area contributed by atoms with Crippen molar-refractivity contribution in [2.24, 2.45) is 5.92 Å². The first-order valence-electron chi connectivity index (χ1n) is 9.39. The number of hydrogen-bond donors (Lipinski definition) is 1. The monoisotopic (exact) mass is 368 g/mol. The quantitative estimate of drug-likeness (QED) is 0.880. The van der Waals surface area contributed by atoms with Crippen molar-refractivity contribution in [1.29, 1.82) is 0 Å². The third-order valence-corrected chi connectivity index (χ3v) is 5.13. The minimum absolute atomic E-state index is 0.138. The van der Waals surface area contributed by atoms with Crippen LogP contribution in [0.15, 0.2) is 48.5 Å². The van der Waals surface area contributed by atoms with E-state index in [1.165, 1.54) is 24.3 Å². The zero-order valence-electron chi connectivity index (χ0n) is 15.6. The molecule has 0 aliphatic carbocycles. The molecule has 5 heteroatoms. The molecule has 0 aromatic heterocycles. The summed E-state index contributed by atoms with van der Waals surface area (Å²) < 4.78 is 13.0. The fourth-order valence-electron chi connectivity index (χ4n) is 3.48. The molecule has 2 amide bonds. The van der Waals surface area contributed by atoms with E-state index in [9.17, 15) is 14.0 Å². The van der Waals surface area contributed by atoms with Crippen molar-refractivity contribution in [1.82, 2.24) is 10.2 Å². The van der Waals surface area contributed by atoms with E-state index >= 15 is 0 Å². The lowest BCUT2D eigenvalue weighted by atomic mass is 9.96. The number of carbonyl (C=O) groups excluding carboxylic acids is 2. The Bertz CT molecular complexity index is 804. The summed E-state index contributed by atoms with van der Waals surface area (Å²) in [6, 6.07) is 13.5. The number of amides is 2. The van der Waals surface area contributed by atoms with Crippen LogP contribution in [0, 0.1) is 18.7 Å². The van der Waals surface area contributed by atoms with Crippen molar-refractivity contribution in [3.63, 3.8) is 0 Å². The molecule has 0 radical (unpaired) electrons. The van der Waals surface area contributed by atoms with Crippen LogP contribution in [0.2, 0.25) is 0 Å². The summed E-state index contributed by atoms with van der Waals surface area (Å²) in [6.45, 7) is 3.97. The van der Waals surface area contributed by atoms with Gasteiger partial charge in [0.1, 0.15) is 5.82 Å². The van der Waals surface area contributed by atoms with E-state index in [4.69, 9.17) is 0 Å². The topological polar surface area (TPSA) is 49.4 Å². The van der Waals surface area contributed by atoms with Crippen LogP contribution in [-0.2, 0) is 11.2 Å². The molecule has 1 saturated heterocycles. The van der Waals surface area contributed by atoms with Gasteiger partial charge < -0.3 is 10.2 Å². The number of nitrogens with zero attached hydrogens (tertiary/aromatic N) is 1. The fourth-order valence-corrected chi connectivity index (χ4v) is 3.48. The molecular weight excluding hydrogens is 343 g/mol. The molecule has 0 spiro atoms. The van der Waals surface area contributed by atoms with Gasteiger partial charge in [0.25, 0.3) is 5.91 Å². The summed E-state index contributed by atoms with van der Waals surface area (Å²) >= 11 is 0. The molecular formula is C22H25FN2O2. The van der Waals surface area contributed by atoms with Gasteiger partial charge in [0.15, 0.2) is 0 Å². The Balaban J connectivity index is 1.51. The van der Waals surface area contributed by atoms with Crippen LogP contribution < -0.4 is 5.32 Å². The smallest absolute Gasteiger partial charge is 0.251 e. The molecule has 0 unspecified atom stereocenters. The largest absolute Gasteiger partial charge is 0.352 e. The molecule has 1 aliphatic rings. The Morgan fingerprint density at radius 3 is 2.63 bits per heavy atom. The highest BCUT2D eigenvalue weighted by Gasteiger charge is 2.24. The second-order valence-electron chi connectivity index (χ2n) is 7.17. The molecule has 27 heavy (non-hydrogen) atoms. The number of rotatable bonds is 5. The lowest BCUT2D eigenvalue weighted by Crippen LogP contribution is -2.44. The van der Waals surface area contributed by atoms with Crippen molar-refractivity contribution in [3.8, 4) is 0 Å². The van der Waals surface area contributed by atoms with E-state index in [2.05, 4.69) is 5.32 Å². The Morgan fingerprint density at radius 2 is 1.89 bits per heavy atom. The van der Waals surface area contributed by atoms with Crippen molar-refractivity contribution < 1.29 is 14.0 Å². The zero-order chi connectivity index (χ0) is 19.2. The molecule has 2 aromatic carbocycles. The normalized spacial score (nSPS) is 16.8. The Hall–Kier alpha value is -2.69. The van der Waals surface area contributed by atoms with Gasteiger partial charge in [0.2, 0.25) is 5.91 Å². The fraction of sp³-hybridized carbons (Fsp3) is 0.364. The van der Waals surface area contributed by atoms with Crippen LogP contribution in [0.5, 0.6) is 0 Å². The molecule has 0 saturated carbocycles. The van der Waals surface area contributed by atoms with E-state index in [0.29, 0.717) is 25.1 Å². The summed E-state index contributed by atoms with van der Waals surface area (Å²) in [5, 5.41) is 2.91. The first-order chi connectivity index (χ1) is 13.0. The van der Waals surface area contributed by atoms with Crippen LogP contribution in [0.4, 0.5) is 4.39 Å². The van der Waals surface area contributed by atoms with Gasteiger partial charge in [-0.1, -0.05) is 24.3 Å². The zero-order valence-corrected chi connectivity index (χ0v) is 15.6. The summed E-state index contributed by atoms with van der Waals surface area (Å²) in [7, 11) is 0. The highest BCUT2D eigenvalue weighted by molar-refractivity contribution is 5.94. The Kier molecular flexibility index (Phi) is 6.22. The maximum absolute atomic E-state index is 13.0. The highest BCUT2D eigenvalue weighted by atomic mass is 19.1. The van der Waals surface area contributed by atoms with Crippen LogP contribution in [0.25, 0.3) is 0 Å². The maximum atomic E-state index is 13.0. The van der Waals surface area contributed by atoms with Crippen molar-refractivity contribution >= 4 is 11.8 Å². The second kappa shape index (κ2) is 8.80. The molecule has 1 aliphatic heterocycles. The summed E-state index contributed by atoms with van der Waals surface area (Å²) in [4.78, 5) is 26.7. The molecule has 3 rings (SSSR count). The Labute approximate surface area is 159 Å². The van der Waals surface area contributed by atoms with Crippen molar-refractivity contribution in [3.05, 3.63) is 71.0 Å². The van der Waals surface area contributed by atoms with E-state index < -0.39 is 0 Å². The summed E-state index contributed by atoms with van der Waals surface area (Å²) in [5.74, 6) is -0.192. The van der Waals surface area contributed by atoms with E-state index in [1.807, 2.05) is 36.1 Å². The Morgan fingerprint density at radius 1 is 1.15 bits per heavy atom. The summed E-state index contributed by atoms with van der Waals surface area (Å²) in [5.41, 5.74) is 2.64. The van der Waals surface area contributed by atoms with Gasteiger partial charge in [0.05, 0.1) is 6.42 Å². The van der Waals surface area contributed by atoms with Crippen molar-refractivity contribution in [2.45, 2.75) is 26.2 Å². The first kappa shape index (κ1) is 19.1. The highest BCUT2D eigenvalue weighted by Crippen LogP contribution is 2.18. The number of likely N-dealkylation sites (tertiary alicyclic amines) is 1. The van der Waals surface area contributed by atoms with Crippen LogP contribution in [0.3, 0.4) is 0 Å². The number of halogens is 1. The van der Waals surface area contributed by atoms with Gasteiger partial charge >= 0.3 is 0 Å². The number of piperidine rings is 1. The summed E-state index contributed by atoms with van der Waals surface area (Å²) in [6.07, 6.45) is 2.34. The predicted molar refractivity (Wildman–Crippen MR) is 103 cm³/mol. The number of carbonyl (C=O) groups is 2.